The fourth-order valence-electron chi connectivity index (χ4n) is 3.90. The van der Waals surface area contributed by atoms with Crippen LogP contribution in [-0.2, 0) is 24.2 Å². The average Bonchev–Trinajstić information content (AvgIpc) is 3.27. The van der Waals surface area contributed by atoms with Gasteiger partial charge < -0.3 is 20.4 Å². The number of halogens is 1. The molecule has 0 bridgehead atoms. The predicted octanol–water partition coefficient (Wildman–Crippen LogP) is 2.05. The lowest BCUT2D eigenvalue weighted by Crippen LogP contribution is -2.26. The van der Waals surface area contributed by atoms with Gasteiger partial charge in [0.25, 0.3) is 0 Å². The van der Waals surface area contributed by atoms with Gasteiger partial charge in [-0.2, -0.15) is 14.4 Å². The van der Waals surface area contributed by atoms with E-state index in [1.54, 1.807) is 4.57 Å². The van der Waals surface area contributed by atoms with E-state index in [0.717, 1.165) is 36.1 Å². The molecule has 1 aliphatic heterocycles. The number of carbonyl (C=O) groups is 1. The molecule has 1 aromatic carbocycles. The molecule has 8 nitrogen and oxygen atoms in total. The summed E-state index contributed by atoms with van der Waals surface area (Å²) in [5, 5.41) is 2.97. The summed E-state index contributed by atoms with van der Waals surface area (Å²) in [5.41, 5.74) is 9.96. The number of ether oxygens (including phenoxy) is 1. The normalized spacial score (nSPS) is 15.3. The number of carbonyl (C=O) groups excluding carboxylic acids is 1. The molecule has 2 aliphatic rings. The van der Waals surface area contributed by atoms with Crippen molar-refractivity contribution in [2.75, 3.05) is 12.3 Å². The molecule has 9 heteroatoms. The van der Waals surface area contributed by atoms with Crippen molar-refractivity contribution >= 4 is 22.9 Å². The molecule has 2 aromatic heterocycles. The van der Waals surface area contributed by atoms with E-state index in [2.05, 4.69) is 33.3 Å². The number of benzene rings is 1. The molecule has 3 N–H and O–H groups in total. The summed E-state index contributed by atoms with van der Waals surface area (Å²) in [6.45, 7) is 3.08. The number of nitrogens with two attached hydrogens (primary N) is 1. The Balaban J connectivity index is 1.50. The number of nitrogen functional groups attached to an aromatic ring is 1. The van der Waals surface area contributed by atoms with Crippen LogP contribution in [0.15, 0.2) is 12.1 Å². The van der Waals surface area contributed by atoms with Gasteiger partial charge in [-0.3, -0.25) is 4.79 Å². The molecule has 1 fully saturated rings. The summed E-state index contributed by atoms with van der Waals surface area (Å²) in [7, 11) is 0. The molecule has 0 atom stereocenters. The number of nitrogens with zero attached hydrogens (tertiary/aromatic N) is 4. The predicted molar refractivity (Wildman–Crippen MR) is 109 cm³/mol. The lowest BCUT2D eigenvalue weighted by molar-refractivity contribution is -0.121. The van der Waals surface area contributed by atoms with Crippen molar-refractivity contribution in [3.63, 3.8) is 0 Å². The van der Waals surface area contributed by atoms with Crippen LogP contribution in [0, 0.1) is 13.0 Å². The molecule has 156 valence electrons. The number of rotatable bonds is 6. The van der Waals surface area contributed by atoms with E-state index < -0.39 is 6.08 Å². The summed E-state index contributed by atoms with van der Waals surface area (Å²) in [4.78, 5) is 24.3. The summed E-state index contributed by atoms with van der Waals surface area (Å²) in [5.74, 6) is 1.52. The highest BCUT2D eigenvalue weighted by molar-refractivity contribution is 5.82. The van der Waals surface area contributed by atoms with Gasteiger partial charge in [-0.1, -0.05) is 6.07 Å². The molecule has 5 rings (SSSR count). The van der Waals surface area contributed by atoms with Crippen LogP contribution in [0.5, 0.6) is 5.75 Å². The van der Waals surface area contributed by atoms with Gasteiger partial charge in [0.15, 0.2) is 17.0 Å². The second-order valence-electron chi connectivity index (χ2n) is 7.98. The molecule has 0 saturated heterocycles. The Hall–Kier alpha value is -3.23. The van der Waals surface area contributed by atoms with Crippen LogP contribution in [0.2, 0.25) is 0 Å². The zero-order valence-electron chi connectivity index (χ0n) is 16.7. The zero-order chi connectivity index (χ0) is 20.8. The van der Waals surface area contributed by atoms with Gasteiger partial charge in [0.1, 0.15) is 11.6 Å². The van der Waals surface area contributed by atoms with Crippen molar-refractivity contribution in [3.8, 4) is 5.75 Å². The Morgan fingerprint density at radius 1 is 1.33 bits per heavy atom. The number of hydrogen-bond acceptors (Lipinski definition) is 6. The minimum atomic E-state index is -0.905. The van der Waals surface area contributed by atoms with Crippen LogP contribution < -0.4 is 15.8 Å². The number of nitrogens with one attached hydrogen (secondary N) is 1. The van der Waals surface area contributed by atoms with E-state index in [1.165, 1.54) is 5.56 Å². The van der Waals surface area contributed by atoms with Gasteiger partial charge >= 0.3 is 6.08 Å². The van der Waals surface area contributed by atoms with Crippen molar-refractivity contribution in [3.05, 3.63) is 40.7 Å². The van der Waals surface area contributed by atoms with Crippen LogP contribution >= 0.6 is 0 Å². The first-order valence-electron chi connectivity index (χ1n) is 10.2. The first-order chi connectivity index (χ1) is 14.5. The number of imidazole rings is 1. The van der Waals surface area contributed by atoms with Crippen LogP contribution in [0.25, 0.3) is 11.2 Å². The Morgan fingerprint density at radius 2 is 2.17 bits per heavy atom. The topological polar surface area (TPSA) is 108 Å². The first kappa shape index (κ1) is 18.8. The van der Waals surface area contributed by atoms with E-state index >= 15 is 0 Å². The Bertz CT molecular complexity index is 1150. The van der Waals surface area contributed by atoms with Gasteiger partial charge in [0.05, 0.1) is 6.61 Å². The third-order valence-corrected chi connectivity index (χ3v) is 5.67. The highest BCUT2D eigenvalue weighted by Gasteiger charge is 2.24. The molecule has 30 heavy (non-hydrogen) atoms. The number of hydrogen-bond donors (Lipinski definition) is 2. The molecule has 3 heterocycles. The van der Waals surface area contributed by atoms with E-state index in [-0.39, 0.29) is 18.1 Å². The SMILES string of the molecule is Cc1cc2c(cc1Cc1nc3c(N)nc(F)nc3n1CCC(=O)NC1CC1)OCC2. The molecular formula is C21H23FN6O2. The van der Waals surface area contributed by atoms with Gasteiger partial charge in [0, 0.05) is 31.8 Å². The molecule has 1 amide bonds. The summed E-state index contributed by atoms with van der Waals surface area (Å²) >= 11 is 0. The second-order valence-corrected chi connectivity index (χ2v) is 7.98. The maximum atomic E-state index is 13.9. The molecule has 0 spiro atoms. The van der Waals surface area contributed by atoms with Gasteiger partial charge in [-0.05, 0) is 42.5 Å². The number of amides is 1. The molecular weight excluding hydrogens is 387 g/mol. The molecule has 3 aromatic rings. The quantitative estimate of drug-likeness (QED) is 0.602. The van der Waals surface area contributed by atoms with Crippen molar-refractivity contribution < 1.29 is 13.9 Å². The van der Waals surface area contributed by atoms with E-state index in [1.807, 2.05) is 6.07 Å². The molecule has 0 radical (unpaired) electrons. The highest BCUT2D eigenvalue weighted by atomic mass is 19.1. The van der Waals surface area contributed by atoms with Crippen molar-refractivity contribution in [2.24, 2.45) is 0 Å². The minimum Gasteiger partial charge on any atom is -0.493 e. The fourth-order valence-corrected chi connectivity index (χ4v) is 3.90. The molecule has 1 aliphatic carbocycles. The second kappa shape index (κ2) is 7.23. The Labute approximate surface area is 172 Å². The largest absolute Gasteiger partial charge is 0.493 e. The Morgan fingerprint density at radius 3 is 2.97 bits per heavy atom. The zero-order valence-corrected chi connectivity index (χ0v) is 16.7. The lowest BCUT2D eigenvalue weighted by atomic mass is 10.0. The standard InChI is InChI=1S/C21H23FN6O2/c1-11-8-12-5-7-30-15(12)9-13(11)10-16-25-18-19(23)26-21(22)27-20(18)28(16)6-4-17(29)24-14-2-3-14/h8-9,14H,2-7,10H2,1H3,(H,24,29)(H2,23,26,27). The minimum absolute atomic E-state index is 0.00561. The van der Waals surface area contributed by atoms with Gasteiger partial charge in [-0.15, -0.1) is 0 Å². The van der Waals surface area contributed by atoms with Crippen LogP contribution in [0.1, 0.15) is 41.8 Å². The monoisotopic (exact) mass is 410 g/mol. The number of aryl methyl sites for hydroxylation is 2. The first-order valence-corrected chi connectivity index (χ1v) is 10.2. The van der Waals surface area contributed by atoms with Gasteiger partial charge in [-0.25, -0.2) is 4.98 Å². The summed E-state index contributed by atoms with van der Waals surface area (Å²) < 4.78 is 21.3. The maximum Gasteiger partial charge on any atom is 0.312 e. The van der Waals surface area contributed by atoms with Crippen molar-refractivity contribution in [1.29, 1.82) is 0 Å². The van der Waals surface area contributed by atoms with Crippen LogP contribution in [0.4, 0.5) is 10.2 Å². The number of fused-ring (bicyclic) bond motifs is 2. The average molecular weight is 410 g/mol. The fraction of sp³-hybridized carbons (Fsp3) is 0.429. The van der Waals surface area contributed by atoms with Crippen molar-refractivity contribution in [2.45, 2.75) is 51.6 Å². The van der Waals surface area contributed by atoms with Crippen molar-refractivity contribution in [1.82, 2.24) is 24.8 Å². The molecule has 1 saturated carbocycles. The summed E-state index contributed by atoms with van der Waals surface area (Å²) in [6, 6.07) is 4.47. The third kappa shape index (κ3) is 3.55. The molecule has 0 unspecified atom stereocenters. The summed E-state index contributed by atoms with van der Waals surface area (Å²) in [6.07, 6.45) is 2.81. The Kier molecular flexibility index (Phi) is 4.52. The smallest absolute Gasteiger partial charge is 0.312 e. The van der Waals surface area contributed by atoms with Crippen LogP contribution in [-0.4, -0.2) is 38.1 Å². The maximum absolute atomic E-state index is 13.9. The highest BCUT2D eigenvalue weighted by Crippen LogP contribution is 2.30. The van der Waals surface area contributed by atoms with E-state index in [4.69, 9.17) is 10.5 Å². The number of anilines is 1. The van der Waals surface area contributed by atoms with Crippen LogP contribution in [0.3, 0.4) is 0 Å². The lowest BCUT2D eigenvalue weighted by Gasteiger charge is -2.12. The van der Waals surface area contributed by atoms with Gasteiger partial charge in [0.2, 0.25) is 5.91 Å². The third-order valence-electron chi connectivity index (χ3n) is 5.67. The number of aromatic nitrogens is 4. The van der Waals surface area contributed by atoms with E-state index in [0.29, 0.717) is 42.6 Å². The van der Waals surface area contributed by atoms with E-state index in [9.17, 15) is 9.18 Å².